The van der Waals surface area contributed by atoms with Gasteiger partial charge < -0.3 is 20.4 Å². The number of urea groups is 1. The van der Waals surface area contributed by atoms with Gasteiger partial charge in [-0.3, -0.25) is 4.79 Å². The second-order valence-corrected chi connectivity index (χ2v) is 5.95. The maximum atomic E-state index is 12.0. The van der Waals surface area contributed by atoms with Crippen LogP contribution in [0, 0.1) is 11.8 Å². The number of aliphatic carboxylic acids is 1. The molecule has 116 valence electrons. The molecule has 0 radical (unpaired) electrons. The smallest absolute Gasteiger partial charge is 0.317 e. The molecule has 1 aliphatic heterocycles. The summed E-state index contributed by atoms with van der Waals surface area (Å²) in [6.07, 6.45) is 2.58. The summed E-state index contributed by atoms with van der Waals surface area (Å²) in [5.41, 5.74) is 0. The van der Waals surface area contributed by atoms with Crippen LogP contribution in [0.2, 0.25) is 0 Å². The fourth-order valence-electron chi connectivity index (χ4n) is 2.78. The lowest BCUT2D eigenvalue weighted by Crippen LogP contribution is -2.45. The van der Waals surface area contributed by atoms with Crippen LogP contribution in [-0.2, 0) is 4.79 Å². The second kappa shape index (κ2) is 8.09. The SMILES string of the molecule is CC(C)CC(CNC(=O)N1CCCC1CO)CC(=O)O. The average Bonchev–Trinajstić information content (AvgIpc) is 2.82. The number of carboxylic acid groups (broad SMARTS) is 1. The van der Waals surface area contributed by atoms with Gasteiger partial charge in [-0.15, -0.1) is 0 Å². The minimum absolute atomic E-state index is 0.0159. The van der Waals surface area contributed by atoms with Crippen LogP contribution in [-0.4, -0.2) is 52.9 Å². The van der Waals surface area contributed by atoms with Crippen LogP contribution in [0.1, 0.15) is 39.5 Å². The van der Waals surface area contributed by atoms with Crippen molar-refractivity contribution in [3.8, 4) is 0 Å². The van der Waals surface area contributed by atoms with E-state index < -0.39 is 5.97 Å². The predicted molar refractivity (Wildman–Crippen MR) is 75.4 cm³/mol. The molecule has 6 heteroatoms. The van der Waals surface area contributed by atoms with Crippen molar-refractivity contribution in [2.24, 2.45) is 11.8 Å². The standard InChI is InChI=1S/C14H26N2O4/c1-10(2)6-11(7-13(18)19)8-15-14(20)16-5-3-4-12(16)9-17/h10-12,17H,3-9H2,1-2H3,(H,15,20)(H,18,19). The van der Waals surface area contributed by atoms with E-state index in [9.17, 15) is 14.7 Å². The Morgan fingerprint density at radius 3 is 2.65 bits per heavy atom. The van der Waals surface area contributed by atoms with E-state index >= 15 is 0 Å². The molecule has 1 rings (SSSR count). The Kier molecular flexibility index (Phi) is 6.78. The van der Waals surface area contributed by atoms with Crippen LogP contribution < -0.4 is 5.32 Å². The summed E-state index contributed by atoms with van der Waals surface area (Å²) in [7, 11) is 0. The highest BCUT2D eigenvalue weighted by Gasteiger charge is 2.28. The molecule has 0 aromatic heterocycles. The summed E-state index contributed by atoms with van der Waals surface area (Å²) in [5, 5.41) is 20.9. The predicted octanol–water partition coefficient (Wildman–Crippen LogP) is 1.29. The maximum absolute atomic E-state index is 12.0. The van der Waals surface area contributed by atoms with Crippen LogP contribution in [0.4, 0.5) is 4.79 Å². The third kappa shape index (κ3) is 5.36. The lowest BCUT2D eigenvalue weighted by atomic mass is 9.94. The lowest BCUT2D eigenvalue weighted by Gasteiger charge is -2.25. The number of likely N-dealkylation sites (tertiary alicyclic amines) is 1. The molecule has 0 saturated carbocycles. The van der Waals surface area contributed by atoms with Crippen LogP contribution in [0.5, 0.6) is 0 Å². The number of aliphatic hydroxyl groups is 1. The zero-order valence-electron chi connectivity index (χ0n) is 12.3. The number of nitrogens with one attached hydrogen (secondary N) is 1. The van der Waals surface area contributed by atoms with Crippen LogP contribution in [0.25, 0.3) is 0 Å². The number of carbonyl (C=O) groups is 2. The van der Waals surface area contributed by atoms with Gasteiger partial charge in [-0.1, -0.05) is 13.8 Å². The minimum atomic E-state index is -0.834. The summed E-state index contributed by atoms with van der Waals surface area (Å²) >= 11 is 0. The molecule has 2 atom stereocenters. The van der Waals surface area contributed by atoms with E-state index in [1.165, 1.54) is 0 Å². The second-order valence-electron chi connectivity index (χ2n) is 5.95. The van der Waals surface area contributed by atoms with E-state index in [0.29, 0.717) is 19.0 Å². The van der Waals surface area contributed by atoms with Crippen molar-refractivity contribution >= 4 is 12.0 Å². The van der Waals surface area contributed by atoms with Gasteiger partial charge in [-0.25, -0.2) is 4.79 Å². The molecule has 6 nitrogen and oxygen atoms in total. The van der Waals surface area contributed by atoms with Gasteiger partial charge in [0.25, 0.3) is 0 Å². The Morgan fingerprint density at radius 2 is 2.10 bits per heavy atom. The van der Waals surface area contributed by atoms with Gasteiger partial charge in [0.05, 0.1) is 12.6 Å². The number of rotatable bonds is 7. The highest BCUT2D eigenvalue weighted by atomic mass is 16.4. The topological polar surface area (TPSA) is 89.9 Å². The number of nitrogens with zero attached hydrogens (tertiary/aromatic N) is 1. The number of amides is 2. The molecular formula is C14H26N2O4. The Labute approximate surface area is 120 Å². The van der Waals surface area contributed by atoms with Gasteiger partial charge in [0, 0.05) is 19.5 Å². The van der Waals surface area contributed by atoms with E-state index in [-0.39, 0.29) is 31.0 Å². The first-order chi connectivity index (χ1) is 9.43. The molecule has 0 aromatic carbocycles. The first kappa shape index (κ1) is 16.8. The summed E-state index contributed by atoms with van der Waals surface area (Å²) < 4.78 is 0. The fraction of sp³-hybridized carbons (Fsp3) is 0.857. The molecule has 0 spiro atoms. The molecule has 20 heavy (non-hydrogen) atoms. The van der Waals surface area contributed by atoms with Crippen molar-refractivity contribution < 1.29 is 19.8 Å². The van der Waals surface area contributed by atoms with Crippen LogP contribution >= 0.6 is 0 Å². The van der Waals surface area contributed by atoms with Crippen molar-refractivity contribution in [3.63, 3.8) is 0 Å². The zero-order valence-corrected chi connectivity index (χ0v) is 12.3. The first-order valence-corrected chi connectivity index (χ1v) is 7.31. The Morgan fingerprint density at radius 1 is 1.40 bits per heavy atom. The summed E-state index contributed by atoms with van der Waals surface area (Å²) in [5.74, 6) is -0.487. The number of aliphatic hydroxyl groups excluding tert-OH is 1. The molecule has 1 saturated heterocycles. The van der Waals surface area contributed by atoms with Crippen molar-refractivity contribution in [3.05, 3.63) is 0 Å². The molecular weight excluding hydrogens is 260 g/mol. The molecule has 3 N–H and O–H groups in total. The largest absolute Gasteiger partial charge is 0.481 e. The third-order valence-corrected chi connectivity index (χ3v) is 3.66. The number of carboxylic acids is 1. The highest BCUT2D eigenvalue weighted by Crippen LogP contribution is 2.18. The third-order valence-electron chi connectivity index (χ3n) is 3.66. The monoisotopic (exact) mass is 286 g/mol. The summed E-state index contributed by atoms with van der Waals surface area (Å²) in [6.45, 7) is 5.10. The molecule has 1 heterocycles. The number of carbonyl (C=O) groups excluding carboxylic acids is 1. The first-order valence-electron chi connectivity index (χ1n) is 7.31. The van der Waals surface area contributed by atoms with Gasteiger partial charge in [0.2, 0.25) is 0 Å². The maximum Gasteiger partial charge on any atom is 0.317 e. The number of hydrogen-bond donors (Lipinski definition) is 3. The Balaban J connectivity index is 2.45. The van der Waals surface area contributed by atoms with Gasteiger partial charge in [0.15, 0.2) is 0 Å². The molecule has 1 aliphatic rings. The minimum Gasteiger partial charge on any atom is -0.481 e. The van der Waals surface area contributed by atoms with E-state index in [4.69, 9.17) is 5.11 Å². The highest BCUT2D eigenvalue weighted by molar-refractivity contribution is 5.75. The van der Waals surface area contributed by atoms with E-state index in [1.54, 1.807) is 4.90 Å². The van der Waals surface area contributed by atoms with Gasteiger partial charge in [0.1, 0.15) is 0 Å². The van der Waals surface area contributed by atoms with Crippen molar-refractivity contribution in [1.29, 1.82) is 0 Å². The van der Waals surface area contributed by atoms with Gasteiger partial charge in [-0.05, 0) is 31.1 Å². The van der Waals surface area contributed by atoms with Gasteiger partial charge in [-0.2, -0.15) is 0 Å². The molecule has 0 aromatic rings. The molecule has 0 aliphatic carbocycles. The van der Waals surface area contributed by atoms with Crippen molar-refractivity contribution in [2.75, 3.05) is 19.7 Å². The molecule has 1 fully saturated rings. The number of hydrogen-bond acceptors (Lipinski definition) is 3. The molecule has 0 bridgehead atoms. The quantitative estimate of drug-likeness (QED) is 0.658. The van der Waals surface area contributed by atoms with Gasteiger partial charge >= 0.3 is 12.0 Å². The van der Waals surface area contributed by atoms with Crippen molar-refractivity contribution in [2.45, 2.75) is 45.6 Å². The van der Waals surface area contributed by atoms with Crippen LogP contribution in [0.3, 0.4) is 0 Å². The van der Waals surface area contributed by atoms with E-state index in [0.717, 1.165) is 19.3 Å². The lowest BCUT2D eigenvalue weighted by molar-refractivity contribution is -0.138. The Hall–Kier alpha value is -1.30. The fourth-order valence-corrected chi connectivity index (χ4v) is 2.78. The van der Waals surface area contributed by atoms with E-state index in [2.05, 4.69) is 5.32 Å². The zero-order chi connectivity index (χ0) is 15.1. The summed E-state index contributed by atoms with van der Waals surface area (Å²) in [6, 6.07) is -0.293. The van der Waals surface area contributed by atoms with Crippen molar-refractivity contribution in [1.82, 2.24) is 10.2 Å². The summed E-state index contributed by atoms with van der Waals surface area (Å²) in [4.78, 5) is 24.5. The van der Waals surface area contributed by atoms with Crippen LogP contribution in [0.15, 0.2) is 0 Å². The Bertz CT molecular complexity index is 333. The normalized spacial score (nSPS) is 20.2. The molecule has 2 amide bonds. The molecule has 2 unspecified atom stereocenters. The average molecular weight is 286 g/mol. The van der Waals surface area contributed by atoms with E-state index in [1.807, 2.05) is 13.8 Å².